The van der Waals surface area contributed by atoms with E-state index in [9.17, 15) is 9.59 Å². The maximum atomic E-state index is 13.2. The van der Waals surface area contributed by atoms with Crippen molar-refractivity contribution in [1.29, 1.82) is 0 Å². The molecule has 322 valence electrons. The number of hydrogen-bond donors (Lipinski definition) is 2. The summed E-state index contributed by atoms with van der Waals surface area (Å²) in [7, 11) is 0. The number of carbonyl (C=O) groups is 2. The Morgan fingerprint density at radius 3 is 2.33 bits per heavy atom. The van der Waals surface area contributed by atoms with Gasteiger partial charge >= 0.3 is 0 Å². The highest BCUT2D eigenvalue weighted by Gasteiger charge is 2.34. The summed E-state index contributed by atoms with van der Waals surface area (Å²) in [5, 5.41) is 9.11. The lowest BCUT2D eigenvalue weighted by Crippen LogP contribution is -2.46. The number of para-hydroxylation sites is 1. The smallest absolute Gasteiger partial charge is 0.254 e. The SMILES string of the molecule is Nc1ncnc2c1c(-c1ccc(Oc3ccccc3)cc1)nn2[C@@H]1CCCN(C(=O)COCCOCCOCCOCCSc2cccc3c2CN(C2CCCNC2)C3=O)C1. The molecule has 8 rings (SSSR count). The third-order valence-corrected chi connectivity index (χ3v) is 12.3. The third-order valence-electron chi connectivity index (χ3n) is 11.2. The lowest BCUT2D eigenvalue weighted by Gasteiger charge is -2.33. The van der Waals surface area contributed by atoms with Gasteiger partial charge in [-0.25, -0.2) is 14.6 Å². The molecule has 0 spiro atoms. The van der Waals surface area contributed by atoms with Crippen LogP contribution >= 0.6 is 11.8 Å². The van der Waals surface area contributed by atoms with Gasteiger partial charge in [-0.15, -0.1) is 11.8 Å². The zero-order chi connectivity index (χ0) is 41.8. The van der Waals surface area contributed by atoms with E-state index in [-0.39, 0.29) is 30.5 Å². The number of piperidine rings is 2. The molecule has 0 radical (unpaired) electrons. The molecule has 2 saturated heterocycles. The summed E-state index contributed by atoms with van der Waals surface area (Å²) in [5.41, 5.74) is 10.6. The van der Waals surface area contributed by atoms with Crippen LogP contribution in [-0.2, 0) is 30.3 Å². The monoisotopic (exact) mass is 850 g/mol. The van der Waals surface area contributed by atoms with Crippen molar-refractivity contribution in [3.8, 4) is 22.8 Å². The number of nitrogen functional groups attached to an aromatic ring is 1. The molecule has 2 amide bonds. The van der Waals surface area contributed by atoms with Crippen LogP contribution in [0.1, 0.15) is 47.6 Å². The normalized spacial score (nSPS) is 17.9. The van der Waals surface area contributed by atoms with E-state index < -0.39 is 0 Å². The van der Waals surface area contributed by atoms with Gasteiger partial charge < -0.3 is 44.5 Å². The Hall–Kier alpha value is -5.10. The number of aromatic nitrogens is 4. The minimum Gasteiger partial charge on any atom is -0.457 e. The van der Waals surface area contributed by atoms with Gasteiger partial charge in [0.05, 0.1) is 57.7 Å². The molecule has 2 fully saturated rings. The number of nitrogens with zero attached hydrogens (tertiary/aromatic N) is 6. The van der Waals surface area contributed by atoms with Gasteiger partial charge in [0.25, 0.3) is 5.91 Å². The largest absolute Gasteiger partial charge is 0.457 e. The van der Waals surface area contributed by atoms with E-state index in [4.69, 9.17) is 34.5 Å². The second-order valence-electron chi connectivity index (χ2n) is 15.3. The molecule has 0 aliphatic carbocycles. The average Bonchev–Trinajstić information content (AvgIpc) is 3.86. The van der Waals surface area contributed by atoms with Crippen LogP contribution in [0.5, 0.6) is 11.5 Å². The van der Waals surface area contributed by atoms with Crippen molar-refractivity contribution in [3.63, 3.8) is 0 Å². The topological polar surface area (TPSA) is 168 Å². The zero-order valence-electron chi connectivity index (χ0n) is 34.4. The van der Waals surface area contributed by atoms with E-state index in [2.05, 4.69) is 21.4 Å². The van der Waals surface area contributed by atoms with Crippen molar-refractivity contribution in [3.05, 3.63) is 90.3 Å². The third kappa shape index (κ3) is 10.7. The minimum absolute atomic E-state index is 0.0265. The Morgan fingerprint density at radius 1 is 0.820 bits per heavy atom. The maximum Gasteiger partial charge on any atom is 0.254 e. The maximum absolute atomic E-state index is 13.2. The van der Waals surface area contributed by atoms with E-state index in [0.29, 0.717) is 94.2 Å². The average molecular weight is 851 g/mol. The number of ether oxygens (including phenoxy) is 5. The Labute approximate surface area is 360 Å². The van der Waals surface area contributed by atoms with Crippen molar-refractivity contribution in [2.24, 2.45) is 0 Å². The Bertz CT molecular complexity index is 2220. The Balaban J connectivity index is 0.697. The molecule has 3 aliphatic rings. The van der Waals surface area contributed by atoms with Crippen LogP contribution in [0.4, 0.5) is 5.82 Å². The minimum atomic E-state index is -0.0878. The van der Waals surface area contributed by atoms with Gasteiger partial charge in [0.15, 0.2) is 5.65 Å². The van der Waals surface area contributed by atoms with Crippen molar-refractivity contribution in [1.82, 2.24) is 34.9 Å². The van der Waals surface area contributed by atoms with Crippen molar-refractivity contribution in [2.45, 2.75) is 49.2 Å². The van der Waals surface area contributed by atoms with E-state index in [1.165, 1.54) is 6.33 Å². The number of anilines is 1. The van der Waals surface area contributed by atoms with Crippen molar-refractivity contribution < 1.29 is 33.3 Å². The van der Waals surface area contributed by atoms with E-state index >= 15 is 0 Å². The van der Waals surface area contributed by atoms with Gasteiger partial charge in [-0.3, -0.25) is 9.59 Å². The molecule has 0 bridgehead atoms. The van der Waals surface area contributed by atoms with Crippen molar-refractivity contribution in [2.75, 3.05) is 90.5 Å². The molecule has 61 heavy (non-hydrogen) atoms. The number of fused-ring (bicyclic) bond motifs is 2. The fourth-order valence-corrected chi connectivity index (χ4v) is 9.06. The lowest BCUT2D eigenvalue weighted by atomic mass is 10.1. The molecule has 2 atom stereocenters. The van der Waals surface area contributed by atoms with Crippen LogP contribution in [0.3, 0.4) is 0 Å². The number of nitrogens with two attached hydrogens (primary N) is 1. The Morgan fingerprint density at radius 2 is 1.56 bits per heavy atom. The number of thioether (sulfide) groups is 1. The fraction of sp³-hybridized carbons (Fsp3) is 0.444. The highest BCUT2D eigenvalue weighted by molar-refractivity contribution is 7.99. The van der Waals surface area contributed by atoms with Gasteiger partial charge in [0.2, 0.25) is 5.91 Å². The summed E-state index contributed by atoms with van der Waals surface area (Å²) in [5.74, 6) is 2.69. The molecule has 0 saturated carbocycles. The number of carbonyl (C=O) groups excluding carboxylic acids is 2. The van der Waals surface area contributed by atoms with Gasteiger partial charge in [-0.05, 0) is 86.3 Å². The predicted molar refractivity (Wildman–Crippen MR) is 233 cm³/mol. The summed E-state index contributed by atoms with van der Waals surface area (Å²) in [4.78, 5) is 40.1. The van der Waals surface area contributed by atoms with Crippen molar-refractivity contribution >= 4 is 40.4 Å². The molecule has 15 nitrogen and oxygen atoms in total. The van der Waals surface area contributed by atoms with Crippen LogP contribution < -0.4 is 15.8 Å². The van der Waals surface area contributed by atoms with E-state index in [1.807, 2.05) is 81.2 Å². The second-order valence-corrected chi connectivity index (χ2v) is 16.4. The molecule has 2 aromatic heterocycles. The van der Waals surface area contributed by atoms with Gasteiger partial charge in [-0.1, -0.05) is 24.3 Å². The number of hydrogen-bond acceptors (Lipinski definition) is 13. The van der Waals surface area contributed by atoms with Gasteiger partial charge in [0.1, 0.15) is 35.9 Å². The quantitative estimate of drug-likeness (QED) is 0.0735. The summed E-state index contributed by atoms with van der Waals surface area (Å²) < 4.78 is 30.7. The number of likely N-dealkylation sites (tertiary alicyclic amines) is 1. The molecule has 16 heteroatoms. The molecular weight excluding hydrogens is 797 g/mol. The molecule has 3 aromatic carbocycles. The van der Waals surface area contributed by atoms with E-state index in [0.717, 1.165) is 71.9 Å². The molecular formula is C45H54N8O7S. The number of benzene rings is 3. The highest BCUT2D eigenvalue weighted by Crippen LogP contribution is 2.36. The van der Waals surface area contributed by atoms with Crippen LogP contribution in [0.15, 0.2) is 84.0 Å². The standard InChI is InChI=1S/C45H54N8O7S/c46-43-41-42(32-13-15-36(16-14-32)60-35-9-2-1-3-10-35)50-53(44(41)49-31-48-43)34-8-6-18-51(28-34)40(54)30-59-24-23-57-20-19-56-21-22-58-25-26-61-39-12-4-11-37-38(39)29-52(45(37)55)33-7-5-17-47-27-33/h1-4,9-16,31,33-34,47H,5-8,17-30H2,(H2,46,48,49)/t33?,34-/m1/s1. The lowest BCUT2D eigenvalue weighted by molar-refractivity contribution is -0.138. The molecule has 3 N–H and O–H groups in total. The molecule has 5 heterocycles. The number of rotatable bonds is 20. The zero-order valence-corrected chi connectivity index (χ0v) is 35.2. The molecule has 5 aromatic rings. The first kappa shape index (κ1) is 42.6. The van der Waals surface area contributed by atoms with Crippen LogP contribution in [0, 0.1) is 0 Å². The van der Waals surface area contributed by atoms with Crippen LogP contribution in [-0.4, -0.2) is 132 Å². The molecule has 1 unspecified atom stereocenters. The van der Waals surface area contributed by atoms with Crippen LogP contribution in [0.2, 0.25) is 0 Å². The first-order valence-corrected chi connectivity index (χ1v) is 22.2. The summed E-state index contributed by atoms with van der Waals surface area (Å²) in [6, 6.07) is 23.5. The summed E-state index contributed by atoms with van der Waals surface area (Å²) in [6.45, 7) is 6.79. The Kier molecular flexibility index (Phi) is 14.7. The first-order chi connectivity index (χ1) is 30.0. The molecule has 3 aliphatic heterocycles. The first-order valence-electron chi connectivity index (χ1n) is 21.2. The highest BCUT2D eigenvalue weighted by atomic mass is 32.2. The summed E-state index contributed by atoms with van der Waals surface area (Å²) in [6.07, 6.45) is 5.28. The second kappa shape index (κ2) is 21.1. The van der Waals surface area contributed by atoms with E-state index in [1.54, 1.807) is 11.8 Å². The fourth-order valence-electron chi connectivity index (χ4n) is 8.12. The van der Waals surface area contributed by atoms with Gasteiger partial charge in [-0.2, -0.15) is 5.10 Å². The number of amides is 2. The number of nitrogens with one attached hydrogen (secondary N) is 1. The van der Waals surface area contributed by atoms with Gasteiger partial charge in [0, 0.05) is 54.0 Å². The summed E-state index contributed by atoms with van der Waals surface area (Å²) >= 11 is 1.74. The predicted octanol–water partition coefficient (Wildman–Crippen LogP) is 5.60. The van der Waals surface area contributed by atoms with Crippen LogP contribution in [0.25, 0.3) is 22.3 Å².